The van der Waals surface area contributed by atoms with Crippen LogP contribution < -0.4 is 5.32 Å². The van der Waals surface area contributed by atoms with Gasteiger partial charge in [-0.1, -0.05) is 0 Å². The fourth-order valence-electron chi connectivity index (χ4n) is 4.86. The number of furan rings is 1. The third kappa shape index (κ3) is 1.85. The zero-order valence-corrected chi connectivity index (χ0v) is 10.8. The number of carboxylic acids is 1. The van der Waals surface area contributed by atoms with Crippen molar-refractivity contribution in [1.82, 2.24) is 0 Å². The summed E-state index contributed by atoms with van der Waals surface area (Å²) in [6.45, 7) is 0. The molecule has 4 bridgehead atoms. The predicted octanol–water partition coefficient (Wildman–Crippen LogP) is 3.21. The minimum Gasteiger partial charge on any atom is -0.475 e. The summed E-state index contributed by atoms with van der Waals surface area (Å²) >= 11 is 0. The van der Waals surface area contributed by atoms with Gasteiger partial charge in [0.15, 0.2) is 5.88 Å². The average molecular weight is 261 g/mol. The Bertz CT molecular complexity index is 479. The summed E-state index contributed by atoms with van der Waals surface area (Å²) in [4.78, 5) is 10.8. The molecule has 4 heteroatoms. The third-order valence-electron chi connectivity index (χ3n) is 5.35. The second kappa shape index (κ2) is 4.02. The first kappa shape index (κ1) is 11.4. The molecule has 4 aliphatic rings. The molecule has 0 radical (unpaired) electrons. The number of anilines is 1. The monoisotopic (exact) mass is 261 g/mol. The first-order valence-electron chi connectivity index (χ1n) is 7.28. The van der Waals surface area contributed by atoms with Crippen molar-refractivity contribution in [1.29, 1.82) is 0 Å². The largest absolute Gasteiger partial charge is 0.475 e. The number of aromatic carboxylic acids is 1. The van der Waals surface area contributed by atoms with Crippen LogP contribution in [0.3, 0.4) is 0 Å². The number of hydrogen-bond donors (Lipinski definition) is 2. The van der Waals surface area contributed by atoms with Gasteiger partial charge in [0.25, 0.3) is 0 Å². The van der Waals surface area contributed by atoms with Gasteiger partial charge >= 0.3 is 5.97 Å². The molecule has 0 spiro atoms. The highest BCUT2D eigenvalue weighted by Crippen LogP contribution is 2.54. The number of carbonyl (C=O) groups is 1. The summed E-state index contributed by atoms with van der Waals surface area (Å²) in [7, 11) is 0. The smallest absolute Gasteiger partial charge is 0.371 e. The van der Waals surface area contributed by atoms with Crippen LogP contribution in [0, 0.1) is 23.7 Å². The van der Waals surface area contributed by atoms with Gasteiger partial charge in [-0.25, -0.2) is 4.79 Å². The van der Waals surface area contributed by atoms with Crippen molar-refractivity contribution < 1.29 is 14.3 Å². The van der Waals surface area contributed by atoms with Crippen LogP contribution in [0.5, 0.6) is 0 Å². The standard InChI is InChI=1S/C15H19NO3/c17-15(18)12-1-2-13(19-12)16-14-10-4-8-3-9(6-10)7-11(14)5-8/h1-2,8-11,14,16H,3-7H2,(H,17,18). The maximum Gasteiger partial charge on any atom is 0.371 e. The maximum absolute atomic E-state index is 10.8. The van der Waals surface area contributed by atoms with E-state index in [4.69, 9.17) is 9.52 Å². The van der Waals surface area contributed by atoms with Gasteiger partial charge in [-0.05, 0) is 61.8 Å². The van der Waals surface area contributed by atoms with E-state index < -0.39 is 5.97 Å². The summed E-state index contributed by atoms with van der Waals surface area (Å²) in [5.74, 6) is 3.06. The Morgan fingerprint density at radius 1 is 1.11 bits per heavy atom. The zero-order chi connectivity index (χ0) is 13.0. The molecule has 4 aliphatic carbocycles. The second-order valence-electron chi connectivity index (χ2n) is 6.57. The fourth-order valence-corrected chi connectivity index (χ4v) is 4.86. The quantitative estimate of drug-likeness (QED) is 0.877. The molecule has 1 aromatic heterocycles. The molecule has 0 aromatic carbocycles. The van der Waals surface area contributed by atoms with Crippen molar-refractivity contribution >= 4 is 11.9 Å². The molecule has 0 atom stereocenters. The second-order valence-corrected chi connectivity index (χ2v) is 6.57. The normalized spacial score (nSPS) is 39.5. The van der Waals surface area contributed by atoms with Gasteiger partial charge in [-0.2, -0.15) is 0 Å². The van der Waals surface area contributed by atoms with Crippen LogP contribution in [0.2, 0.25) is 0 Å². The van der Waals surface area contributed by atoms with Crippen LogP contribution in [-0.2, 0) is 0 Å². The molecule has 102 valence electrons. The molecule has 0 saturated heterocycles. The van der Waals surface area contributed by atoms with Gasteiger partial charge in [0.1, 0.15) is 0 Å². The van der Waals surface area contributed by atoms with Crippen molar-refractivity contribution in [2.75, 3.05) is 5.32 Å². The first-order chi connectivity index (χ1) is 9.19. The Kier molecular flexibility index (Phi) is 2.41. The fraction of sp³-hybridized carbons (Fsp3) is 0.667. The molecular weight excluding hydrogens is 242 g/mol. The van der Waals surface area contributed by atoms with Crippen molar-refractivity contribution in [3.8, 4) is 0 Å². The van der Waals surface area contributed by atoms with E-state index in [2.05, 4.69) is 5.32 Å². The average Bonchev–Trinajstić information content (AvgIpc) is 2.81. The highest BCUT2D eigenvalue weighted by molar-refractivity contribution is 5.84. The van der Waals surface area contributed by atoms with Crippen LogP contribution in [0.4, 0.5) is 5.88 Å². The lowest BCUT2D eigenvalue weighted by Crippen LogP contribution is -2.51. The zero-order valence-electron chi connectivity index (χ0n) is 10.8. The van der Waals surface area contributed by atoms with E-state index in [-0.39, 0.29) is 5.76 Å². The number of hydrogen-bond acceptors (Lipinski definition) is 3. The number of rotatable bonds is 3. The first-order valence-corrected chi connectivity index (χ1v) is 7.28. The molecule has 4 fully saturated rings. The Balaban J connectivity index is 1.51. The summed E-state index contributed by atoms with van der Waals surface area (Å²) < 4.78 is 5.34. The Hall–Kier alpha value is -1.45. The minimum atomic E-state index is -1.00. The molecule has 0 aliphatic heterocycles. The van der Waals surface area contributed by atoms with Gasteiger partial charge in [0.05, 0.1) is 0 Å². The van der Waals surface area contributed by atoms with Crippen LogP contribution in [0.25, 0.3) is 0 Å². The van der Waals surface area contributed by atoms with Gasteiger partial charge < -0.3 is 14.8 Å². The lowest BCUT2D eigenvalue weighted by molar-refractivity contribution is 0.00689. The summed E-state index contributed by atoms with van der Waals surface area (Å²) in [6.07, 6.45) is 6.83. The lowest BCUT2D eigenvalue weighted by Gasteiger charge is -2.54. The van der Waals surface area contributed by atoms with E-state index in [9.17, 15) is 4.79 Å². The van der Waals surface area contributed by atoms with Gasteiger partial charge in [0.2, 0.25) is 5.76 Å². The Morgan fingerprint density at radius 3 is 2.26 bits per heavy atom. The molecule has 19 heavy (non-hydrogen) atoms. The Labute approximate surface area is 112 Å². The molecule has 1 heterocycles. The highest BCUT2D eigenvalue weighted by atomic mass is 16.4. The predicted molar refractivity (Wildman–Crippen MR) is 70.1 cm³/mol. The summed E-state index contributed by atoms with van der Waals surface area (Å²) in [6, 6.07) is 3.76. The summed E-state index contributed by atoms with van der Waals surface area (Å²) in [5, 5.41) is 12.4. The molecule has 2 N–H and O–H groups in total. The lowest BCUT2D eigenvalue weighted by atomic mass is 9.54. The van der Waals surface area contributed by atoms with Crippen LogP contribution in [0.15, 0.2) is 16.5 Å². The van der Waals surface area contributed by atoms with Crippen LogP contribution in [-0.4, -0.2) is 17.1 Å². The molecule has 1 aromatic rings. The van der Waals surface area contributed by atoms with Gasteiger partial charge in [-0.3, -0.25) is 0 Å². The van der Waals surface area contributed by atoms with Gasteiger partial charge in [0, 0.05) is 12.1 Å². The molecule has 0 unspecified atom stereocenters. The van der Waals surface area contributed by atoms with Crippen molar-refractivity contribution in [3.05, 3.63) is 17.9 Å². The molecule has 0 amide bonds. The molecule has 4 saturated carbocycles. The highest BCUT2D eigenvalue weighted by Gasteiger charge is 2.48. The minimum absolute atomic E-state index is 0.0197. The van der Waals surface area contributed by atoms with E-state index in [1.807, 2.05) is 0 Å². The molecular formula is C15H19NO3. The van der Waals surface area contributed by atoms with Crippen LogP contribution >= 0.6 is 0 Å². The van der Waals surface area contributed by atoms with Crippen molar-refractivity contribution in [3.63, 3.8) is 0 Å². The number of nitrogens with one attached hydrogen (secondary N) is 1. The third-order valence-corrected chi connectivity index (χ3v) is 5.35. The topological polar surface area (TPSA) is 62.5 Å². The van der Waals surface area contributed by atoms with E-state index in [0.717, 1.165) is 23.7 Å². The van der Waals surface area contributed by atoms with Crippen molar-refractivity contribution in [2.45, 2.75) is 38.1 Å². The number of carboxylic acid groups (broad SMARTS) is 1. The van der Waals surface area contributed by atoms with Crippen LogP contribution in [0.1, 0.15) is 42.7 Å². The van der Waals surface area contributed by atoms with E-state index in [1.54, 1.807) is 6.07 Å². The van der Waals surface area contributed by atoms with Crippen molar-refractivity contribution in [2.24, 2.45) is 23.7 Å². The van der Waals surface area contributed by atoms with E-state index in [1.165, 1.54) is 38.2 Å². The van der Waals surface area contributed by atoms with Gasteiger partial charge in [-0.15, -0.1) is 0 Å². The van der Waals surface area contributed by atoms with E-state index >= 15 is 0 Å². The summed E-state index contributed by atoms with van der Waals surface area (Å²) in [5.41, 5.74) is 0. The maximum atomic E-state index is 10.8. The van der Waals surface area contributed by atoms with E-state index in [0.29, 0.717) is 11.9 Å². The SMILES string of the molecule is O=C(O)c1ccc(NC2C3CC4CC(C3)CC2C4)o1. The molecule has 4 nitrogen and oxygen atoms in total. The Morgan fingerprint density at radius 2 is 1.74 bits per heavy atom. The molecule has 5 rings (SSSR count).